The van der Waals surface area contributed by atoms with E-state index >= 15 is 0 Å². The van der Waals surface area contributed by atoms with E-state index in [4.69, 9.17) is 13.9 Å². The van der Waals surface area contributed by atoms with E-state index in [9.17, 15) is 4.79 Å². The Bertz CT molecular complexity index is 1020. The highest BCUT2D eigenvalue weighted by atomic mass is 32.2. The standard InChI is InChI=1S/C23H25N3O4S/c1-16-8-9-17(2)19(14-16)29-15-20-24-25-23(30-20)31-21(18-6-4-3-5-7-18)22(27)26-10-12-28-13-11-26/h3-9,14,21H,10-13,15H2,1-2H3/t21-/m1/s1. The molecule has 31 heavy (non-hydrogen) atoms. The van der Waals surface area contributed by atoms with Crippen LogP contribution in [0, 0.1) is 13.8 Å². The third kappa shape index (κ3) is 5.45. The van der Waals surface area contributed by atoms with E-state index in [1.165, 1.54) is 11.8 Å². The normalized spacial score (nSPS) is 15.0. The molecule has 0 N–H and O–H groups in total. The fraction of sp³-hybridized carbons (Fsp3) is 0.348. The molecule has 0 aliphatic carbocycles. The Hall–Kier alpha value is -2.84. The van der Waals surface area contributed by atoms with Crippen molar-refractivity contribution in [3.8, 4) is 5.75 Å². The largest absolute Gasteiger partial charge is 0.484 e. The summed E-state index contributed by atoms with van der Waals surface area (Å²) in [4.78, 5) is 15.1. The van der Waals surface area contributed by atoms with Crippen LogP contribution in [0.5, 0.6) is 5.75 Å². The highest BCUT2D eigenvalue weighted by Crippen LogP contribution is 2.36. The monoisotopic (exact) mass is 439 g/mol. The van der Waals surface area contributed by atoms with Gasteiger partial charge in [0.05, 0.1) is 13.2 Å². The number of aromatic nitrogens is 2. The van der Waals surface area contributed by atoms with Crippen LogP contribution < -0.4 is 4.74 Å². The van der Waals surface area contributed by atoms with Crippen LogP contribution in [0.2, 0.25) is 0 Å². The molecule has 0 unspecified atom stereocenters. The first-order chi connectivity index (χ1) is 15.1. The lowest BCUT2D eigenvalue weighted by molar-refractivity contribution is -0.134. The van der Waals surface area contributed by atoms with Crippen molar-refractivity contribution in [3.63, 3.8) is 0 Å². The minimum atomic E-state index is -0.465. The lowest BCUT2D eigenvalue weighted by Gasteiger charge is -2.29. The highest BCUT2D eigenvalue weighted by molar-refractivity contribution is 8.00. The number of hydrogen-bond donors (Lipinski definition) is 0. The fourth-order valence-corrected chi connectivity index (χ4v) is 4.26. The number of carbonyl (C=O) groups is 1. The number of nitrogens with zero attached hydrogens (tertiary/aromatic N) is 3. The molecule has 2 heterocycles. The molecule has 162 valence electrons. The number of benzene rings is 2. The van der Waals surface area contributed by atoms with E-state index < -0.39 is 5.25 Å². The van der Waals surface area contributed by atoms with Crippen molar-refractivity contribution in [1.82, 2.24) is 15.1 Å². The van der Waals surface area contributed by atoms with Gasteiger partial charge in [0, 0.05) is 13.1 Å². The molecule has 1 aliphatic heterocycles. The summed E-state index contributed by atoms with van der Waals surface area (Å²) in [6.45, 7) is 6.46. The number of carbonyl (C=O) groups excluding carboxylic acids is 1. The molecule has 1 saturated heterocycles. The fourth-order valence-electron chi connectivity index (χ4n) is 3.29. The van der Waals surface area contributed by atoms with Crippen molar-refractivity contribution in [2.24, 2.45) is 0 Å². The lowest BCUT2D eigenvalue weighted by atomic mass is 10.1. The van der Waals surface area contributed by atoms with Gasteiger partial charge in [0.2, 0.25) is 5.91 Å². The van der Waals surface area contributed by atoms with Crippen molar-refractivity contribution >= 4 is 17.7 Å². The minimum absolute atomic E-state index is 0.0193. The zero-order valence-corrected chi connectivity index (χ0v) is 18.4. The first-order valence-corrected chi connectivity index (χ1v) is 11.1. The van der Waals surface area contributed by atoms with Gasteiger partial charge in [-0.2, -0.15) is 0 Å². The smallest absolute Gasteiger partial charge is 0.277 e. The molecule has 0 bridgehead atoms. The maximum absolute atomic E-state index is 13.2. The molecule has 2 aromatic carbocycles. The Kier molecular flexibility index (Phi) is 6.89. The Morgan fingerprint density at radius 3 is 2.68 bits per heavy atom. The highest BCUT2D eigenvalue weighted by Gasteiger charge is 2.30. The second-order valence-electron chi connectivity index (χ2n) is 7.37. The number of rotatable bonds is 7. The van der Waals surface area contributed by atoms with Crippen molar-refractivity contribution in [3.05, 3.63) is 71.1 Å². The molecule has 8 heteroatoms. The van der Waals surface area contributed by atoms with E-state index in [1.54, 1.807) is 0 Å². The molecule has 3 aromatic rings. The Balaban J connectivity index is 1.46. The van der Waals surface area contributed by atoms with Crippen LogP contribution >= 0.6 is 11.8 Å². The summed E-state index contributed by atoms with van der Waals surface area (Å²) in [7, 11) is 0. The van der Waals surface area contributed by atoms with Gasteiger partial charge in [-0.15, -0.1) is 10.2 Å². The second kappa shape index (κ2) is 9.98. The van der Waals surface area contributed by atoms with Crippen LogP contribution in [0.15, 0.2) is 58.2 Å². The molecule has 1 fully saturated rings. The molecule has 4 rings (SSSR count). The van der Waals surface area contributed by atoms with Crippen molar-refractivity contribution in [2.45, 2.75) is 30.9 Å². The van der Waals surface area contributed by atoms with Crippen molar-refractivity contribution < 1.29 is 18.7 Å². The molecule has 0 radical (unpaired) electrons. The predicted octanol–water partition coefficient (Wildman–Crippen LogP) is 3.96. The van der Waals surface area contributed by atoms with Crippen molar-refractivity contribution in [2.75, 3.05) is 26.3 Å². The topological polar surface area (TPSA) is 77.7 Å². The maximum atomic E-state index is 13.2. The van der Waals surface area contributed by atoms with Crippen LogP contribution in [-0.2, 0) is 16.1 Å². The quantitative estimate of drug-likeness (QED) is 0.516. The third-order valence-corrected chi connectivity index (χ3v) is 6.09. The summed E-state index contributed by atoms with van der Waals surface area (Å²) in [5.41, 5.74) is 3.06. The maximum Gasteiger partial charge on any atom is 0.277 e. The van der Waals surface area contributed by atoms with Gasteiger partial charge in [-0.1, -0.05) is 42.5 Å². The Morgan fingerprint density at radius 1 is 1.13 bits per heavy atom. The van der Waals surface area contributed by atoms with Gasteiger partial charge in [-0.3, -0.25) is 4.79 Å². The Labute approximate surface area is 185 Å². The summed E-state index contributed by atoms with van der Waals surface area (Å²) in [5, 5.41) is 8.10. The summed E-state index contributed by atoms with van der Waals surface area (Å²) >= 11 is 1.26. The first-order valence-electron chi connectivity index (χ1n) is 10.2. The molecule has 1 aliphatic rings. The van der Waals surface area contributed by atoms with Gasteiger partial charge in [-0.05, 0) is 48.4 Å². The van der Waals surface area contributed by atoms with Gasteiger partial charge in [0.15, 0.2) is 6.61 Å². The SMILES string of the molecule is Cc1ccc(C)c(OCc2nnc(S[C@@H](C(=O)N3CCOCC3)c3ccccc3)o2)c1. The van der Waals surface area contributed by atoms with Crippen LogP contribution in [0.4, 0.5) is 0 Å². The second-order valence-corrected chi connectivity index (χ2v) is 8.42. The van der Waals surface area contributed by atoms with Gasteiger partial charge in [0.1, 0.15) is 11.0 Å². The summed E-state index contributed by atoms with van der Waals surface area (Å²) in [6.07, 6.45) is 0. The summed E-state index contributed by atoms with van der Waals surface area (Å²) in [6, 6.07) is 15.7. The summed E-state index contributed by atoms with van der Waals surface area (Å²) in [5.74, 6) is 1.18. The summed E-state index contributed by atoms with van der Waals surface area (Å²) < 4.78 is 17.0. The molecular weight excluding hydrogens is 414 g/mol. The van der Waals surface area contributed by atoms with E-state index in [-0.39, 0.29) is 12.5 Å². The molecule has 1 amide bonds. The number of thioether (sulfide) groups is 1. The third-order valence-electron chi connectivity index (χ3n) is 5.01. The number of morpholine rings is 1. The average Bonchev–Trinajstić information content (AvgIpc) is 3.26. The lowest BCUT2D eigenvalue weighted by Crippen LogP contribution is -2.42. The Morgan fingerprint density at radius 2 is 1.90 bits per heavy atom. The molecule has 0 spiro atoms. The molecular formula is C23H25N3O4S. The number of hydrogen-bond acceptors (Lipinski definition) is 7. The number of ether oxygens (including phenoxy) is 2. The molecule has 1 atom stereocenters. The zero-order chi connectivity index (χ0) is 21.6. The van der Waals surface area contributed by atoms with Crippen molar-refractivity contribution in [1.29, 1.82) is 0 Å². The van der Waals surface area contributed by atoms with E-state index in [2.05, 4.69) is 10.2 Å². The van der Waals surface area contributed by atoms with E-state index in [0.29, 0.717) is 37.4 Å². The van der Waals surface area contributed by atoms with Crippen LogP contribution in [0.25, 0.3) is 0 Å². The van der Waals surface area contributed by atoms with E-state index in [0.717, 1.165) is 22.4 Å². The average molecular weight is 440 g/mol. The zero-order valence-electron chi connectivity index (χ0n) is 17.6. The number of amides is 1. The van der Waals surface area contributed by atoms with Crippen LogP contribution in [0.1, 0.15) is 27.8 Å². The predicted molar refractivity (Wildman–Crippen MR) is 117 cm³/mol. The minimum Gasteiger partial charge on any atom is -0.484 e. The molecule has 1 aromatic heterocycles. The van der Waals surface area contributed by atoms with Gasteiger partial charge < -0.3 is 18.8 Å². The van der Waals surface area contributed by atoms with Crippen LogP contribution in [0.3, 0.4) is 0 Å². The van der Waals surface area contributed by atoms with Gasteiger partial charge in [-0.25, -0.2) is 0 Å². The molecule has 7 nitrogen and oxygen atoms in total. The first kappa shape index (κ1) is 21.4. The van der Waals surface area contributed by atoms with Gasteiger partial charge in [0.25, 0.3) is 11.1 Å². The van der Waals surface area contributed by atoms with E-state index in [1.807, 2.05) is 67.3 Å². The number of aryl methyl sites for hydroxylation is 2. The van der Waals surface area contributed by atoms with Crippen LogP contribution in [-0.4, -0.2) is 47.3 Å². The van der Waals surface area contributed by atoms with Gasteiger partial charge >= 0.3 is 0 Å². The molecule has 0 saturated carbocycles.